The summed E-state index contributed by atoms with van der Waals surface area (Å²) in [4.78, 5) is 10.6. The van der Waals surface area contributed by atoms with Gasteiger partial charge in [0.1, 0.15) is 6.04 Å². The first-order valence-electron chi connectivity index (χ1n) is 5.05. The van der Waals surface area contributed by atoms with E-state index in [4.69, 9.17) is 9.84 Å². The van der Waals surface area contributed by atoms with Gasteiger partial charge in [0.15, 0.2) is 0 Å². The summed E-state index contributed by atoms with van der Waals surface area (Å²) in [5.74, 6) is -0.463. The molecule has 0 spiro atoms. The van der Waals surface area contributed by atoms with Crippen LogP contribution in [0.25, 0.3) is 0 Å². The van der Waals surface area contributed by atoms with E-state index in [0.717, 1.165) is 0 Å². The Morgan fingerprint density at radius 1 is 1.43 bits per heavy atom. The van der Waals surface area contributed by atoms with E-state index in [1.165, 1.54) is 0 Å². The number of carbonyl (C=O) groups is 1. The maximum atomic E-state index is 10.6. The predicted molar refractivity (Wildman–Crippen MR) is 55.4 cm³/mol. The molecule has 2 atom stereocenters. The van der Waals surface area contributed by atoms with Crippen molar-refractivity contribution in [1.29, 1.82) is 0 Å². The van der Waals surface area contributed by atoms with Gasteiger partial charge < -0.3 is 9.84 Å². The molecule has 4 heteroatoms. The molecule has 2 N–H and O–H groups in total. The number of ether oxygens (including phenoxy) is 1. The molecule has 0 aromatic heterocycles. The van der Waals surface area contributed by atoms with Crippen LogP contribution in [0.3, 0.4) is 0 Å². The standard InChI is InChI=1S/C10H21NO3/c1-5-14-6-9(7(2)3)11-8(4)10(12)13/h7-9,11H,5-6H2,1-4H3,(H,12,13). The van der Waals surface area contributed by atoms with Crippen LogP contribution in [-0.2, 0) is 9.53 Å². The van der Waals surface area contributed by atoms with Crippen molar-refractivity contribution in [3.05, 3.63) is 0 Å². The van der Waals surface area contributed by atoms with Crippen molar-refractivity contribution in [3.63, 3.8) is 0 Å². The molecule has 0 bridgehead atoms. The van der Waals surface area contributed by atoms with Crippen LogP contribution < -0.4 is 5.32 Å². The zero-order valence-corrected chi connectivity index (χ0v) is 9.41. The molecule has 0 saturated carbocycles. The number of carboxylic acid groups (broad SMARTS) is 1. The highest BCUT2D eigenvalue weighted by molar-refractivity contribution is 5.72. The zero-order chi connectivity index (χ0) is 11.1. The van der Waals surface area contributed by atoms with Gasteiger partial charge in [0, 0.05) is 12.6 Å². The van der Waals surface area contributed by atoms with Gasteiger partial charge >= 0.3 is 5.97 Å². The Labute approximate surface area is 85.6 Å². The molecular formula is C10H21NO3. The van der Waals surface area contributed by atoms with Crippen molar-refractivity contribution in [2.75, 3.05) is 13.2 Å². The Morgan fingerprint density at radius 3 is 2.36 bits per heavy atom. The average Bonchev–Trinajstić information content (AvgIpc) is 2.10. The number of nitrogens with one attached hydrogen (secondary N) is 1. The monoisotopic (exact) mass is 203 g/mol. The topological polar surface area (TPSA) is 58.6 Å². The van der Waals surface area contributed by atoms with Crippen LogP contribution in [0.5, 0.6) is 0 Å². The third kappa shape index (κ3) is 5.19. The summed E-state index contributed by atoms with van der Waals surface area (Å²) >= 11 is 0. The molecule has 0 aromatic carbocycles. The minimum atomic E-state index is -0.827. The predicted octanol–water partition coefficient (Wildman–Crippen LogP) is 1.11. The lowest BCUT2D eigenvalue weighted by Gasteiger charge is -2.24. The van der Waals surface area contributed by atoms with E-state index in [9.17, 15) is 4.79 Å². The van der Waals surface area contributed by atoms with Crippen LogP contribution in [0.2, 0.25) is 0 Å². The summed E-state index contributed by atoms with van der Waals surface area (Å²) in [6.07, 6.45) is 0. The van der Waals surface area contributed by atoms with Crippen molar-refractivity contribution in [2.45, 2.75) is 39.8 Å². The molecule has 0 aromatic rings. The SMILES string of the molecule is CCOCC(NC(C)C(=O)O)C(C)C. The van der Waals surface area contributed by atoms with Gasteiger partial charge in [0.05, 0.1) is 6.61 Å². The van der Waals surface area contributed by atoms with Gasteiger partial charge in [0.25, 0.3) is 0 Å². The maximum Gasteiger partial charge on any atom is 0.320 e. The van der Waals surface area contributed by atoms with E-state index in [1.54, 1.807) is 6.92 Å². The summed E-state index contributed by atoms with van der Waals surface area (Å²) in [6.45, 7) is 8.89. The highest BCUT2D eigenvalue weighted by Gasteiger charge is 2.19. The molecule has 0 amide bonds. The van der Waals surface area contributed by atoms with Gasteiger partial charge in [-0.05, 0) is 19.8 Å². The second-order valence-electron chi connectivity index (χ2n) is 3.74. The maximum absolute atomic E-state index is 10.6. The molecule has 0 aliphatic rings. The fourth-order valence-corrected chi connectivity index (χ4v) is 1.07. The molecule has 0 heterocycles. The average molecular weight is 203 g/mol. The van der Waals surface area contributed by atoms with Gasteiger partial charge in [-0.15, -0.1) is 0 Å². The van der Waals surface area contributed by atoms with Gasteiger partial charge in [-0.3, -0.25) is 10.1 Å². The number of carboxylic acids is 1. The van der Waals surface area contributed by atoms with Gasteiger partial charge in [0.2, 0.25) is 0 Å². The fourth-order valence-electron chi connectivity index (χ4n) is 1.07. The zero-order valence-electron chi connectivity index (χ0n) is 9.41. The smallest absolute Gasteiger partial charge is 0.320 e. The highest BCUT2D eigenvalue weighted by atomic mass is 16.5. The van der Waals surface area contributed by atoms with E-state index < -0.39 is 12.0 Å². The first kappa shape index (κ1) is 13.4. The summed E-state index contributed by atoms with van der Waals surface area (Å²) in [5.41, 5.74) is 0. The molecule has 0 saturated heterocycles. The van der Waals surface area contributed by atoms with E-state index in [0.29, 0.717) is 19.1 Å². The lowest BCUT2D eigenvalue weighted by Crippen LogP contribution is -2.46. The summed E-state index contributed by atoms with van der Waals surface area (Å²) < 4.78 is 5.28. The van der Waals surface area contributed by atoms with Crippen LogP contribution in [-0.4, -0.2) is 36.4 Å². The third-order valence-corrected chi connectivity index (χ3v) is 2.14. The minimum absolute atomic E-state index is 0.0982. The molecule has 0 aliphatic carbocycles. The molecule has 0 aliphatic heterocycles. The Balaban J connectivity index is 4.02. The molecule has 0 radical (unpaired) electrons. The lowest BCUT2D eigenvalue weighted by atomic mass is 10.0. The molecule has 84 valence electrons. The molecule has 14 heavy (non-hydrogen) atoms. The summed E-state index contributed by atoms with van der Waals surface area (Å²) in [7, 11) is 0. The van der Waals surface area contributed by atoms with Crippen molar-refractivity contribution in [3.8, 4) is 0 Å². The highest BCUT2D eigenvalue weighted by Crippen LogP contribution is 2.03. The quantitative estimate of drug-likeness (QED) is 0.650. The van der Waals surface area contributed by atoms with E-state index >= 15 is 0 Å². The molecular weight excluding hydrogens is 182 g/mol. The Kier molecular flexibility index (Phi) is 6.49. The van der Waals surface area contributed by atoms with Crippen LogP contribution >= 0.6 is 0 Å². The molecule has 2 unspecified atom stereocenters. The normalized spacial score (nSPS) is 15.5. The van der Waals surface area contributed by atoms with E-state index in [-0.39, 0.29) is 6.04 Å². The van der Waals surface area contributed by atoms with Crippen LogP contribution in [0, 0.1) is 5.92 Å². The molecule has 0 rings (SSSR count). The largest absolute Gasteiger partial charge is 0.480 e. The number of rotatable bonds is 7. The number of hydrogen-bond acceptors (Lipinski definition) is 3. The Hall–Kier alpha value is -0.610. The second-order valence-corrected chi connectivity index (χ2v) is 3.74. The Bertz CT molecular complexity index is 171. The van der Waals surface area contributed by atoms with Gasteiger partial charge in [-0.1, -0.05) is 13.8 Å². The minimum Gasteiger partial charge on any atom is -0.480 e. The molecule has 4 nitrogen and oxygen atoms in total. The van der Waals surface area contributed by atoms with E-state index in [2.05, 4.69) is 5.32 Å². The van der Waals surface area contributed by atoms with Crippen LogP contribution in [0.1, 0.15) is 27.7 Å². The van der Waals surface area contributed by atoms with E-state index in [1.807, 2.05) is 20.8 Å². The van der Waals surface area contributed by atoms with Gasteiger partial charge in [-0.2, -0.15) is 0 Å². The van der Waals surface area contributed by atoms with Crippen LogP contribution in [0.15, 0.2) is 0 Å². The third-order valence-electron chi connectivity index (χ3n) is 2.14. The lowest BCUT2D eigenvalue weighted by molar-refractivity contribution is -0.139. The summed E-state index contributed by atoms with van der Waals surface area (Å²) in [6, 6.07) is -0.427. The van der Waals surface area contributed by atoms with Crippen molar-refractivity contribution >= 4 is 5.97 Å². The second kappa shape index (κ2) is 6.79. The number of hydrogen-bond donors (Lipinski definition) is 2. The van der Waals surface area contributed by atoms with Crippen molar-refractivity contribution in [1.82, 2.24) is 5.32 Å². The first-order chi connectivity index (χ1) is 6.49. The van der Waals surface area contributed by atoms with Gasteiger partial charge in [-0.25, -0.2) is 0 Å². The summed E-state index contributed by atoms with van der Waals surface area (Å²) in [5, 5.41) is 11.8. The van der Waals surface area contributed by atoms with Crippen molar-refractivity contribution in [2.24, 2.45) is 5.92 Å². The Morgan fingerprint density at radius 2 is 2.00 bits per heavy atom. The fraction of sp³-hybridized carbons (Fsp3) is 0.900. The van der Waals surface area contributed by atoms with Crippen molar-refractivity contribution < 1.29 is 14.6 Å². The molecule has 0 fully saturated rings. The number of aliphatic carboxylic acids is 1. The van der Waals surface area contributed by atoms with Crippen LogP contribution in [0.4, 0.5) is 0 Å². The first-order valence-corrected chi connectivity index (χ1v) is 5.05.